The summed E-state index contributed by atoms with van der Waals surface area (Å²) in [7, 11) is 0. The van der Waals surface area contributed by atoms with Crippen LogP contribution in [0.3, 0.4) is 0 Å². The number of aromatic nitrogens is 2. The molecule has 0 unspecified atom stereocenters. The second-order valence-electron chi connectivity index (χ2n) is 2.80. The van der Waals surface area contributed by atoms with Crippen LogP contribution in [0.25, 0.3) is 0 Å². The Labute approximate surface area is 87.0 Å². The minimum absolute atomic E-state index is 0.264. The normalized spacial score (nSPS) is 11.8. The van der Waals surface area contributed by atoms with E-state index in [0.29, 0.717) is 12.1 Å². The molecule has 0 aliphatic heterocycles. The number of H-pyrrole nitrogens is 1. The van der Waals surface area contributed by atoms with Crippen molar-refractivity contribution >= 4 is 12.4 Å². The Morgan fingerprint density at radius 1 is 1.80 bits per heavy atom. The van der Waals surface area contributed by atoms with Gasteiger partial charge in [0.25, 0.3) is 0 Å². The number of alkyl carbamates (subject to hydrolysis) is 1. The zero-order valence-corrected chi connectivity index (χ0v) is 8.32. The van der Waals surface area contributed by atoms with E-state index in [2.05, 4.69) is 20.0 Å². The van der Waals surface area contributed by atoms with Crippen LogP contribution < -0.4 is 5.32 Å². The first-order valence-electron chi connectivity index (χ1n) is 4.55. The summed E-state index contributed by atoms with van der Waals surface area (Å²) in [6.07, 6.45) is 4.54. The largest absolute Gasteiger partial charge is 0.450 e. The monoisotopic (exact) mass is 210 g/mol. The number of carbonyl (C=O) groups is 1. The number of hydrogen-bond donors (Lipinski definition) is 2. The van der Waals surface area contributed by atoms with E-state index >= 15 is 0 Å². The van der Waals surface area contributed by atoms with E-state index in [9.17, 15) is 9.59 Å². The van der Waals surface area contributed by atoms with Gasteiger partial charge in [0.2, 0.25) is 6.29 Å². The molecule has 1 radical (unpaired) electrons. The molecule has 2 N–H and O–H groups in total. The number of hydrogen-bond acceptors (Lipinski definition) is 4. The van der Waals surface area contributed by atoms with E-state index in [1.807, 2.05) is 0 Å². The molecule has 0 saturated carbocycles. The Hall–Kier alpha value is -1.85. The van der Waals surface area contributed by atoms with Crippen LogP contribution >= 0.6 is 0 Å². The maximum atomic E-state index is 11.0. The third-order valence-corrected chi connectivity index (χ3v) is 1.68. The van der Waals surface area contributed by atoms with Crippen LogP contribution in [0.1, 0.15) is 12.6 Å². The molecule has 1 aromatic heterocycles. The molecule has 0 aliphatic rings. The summed E-state index contributed by atoms with van der Waals surface area (Å²) < 4.78 is 4.64. The second-order valence-corrected chi connectivity index (χ2v) is 2.80. The van der Waals surface area contributed by atoms with Gasteiger partial charge in [0, 0.05) is 12.6 Å². The van der Waals surface area contributed by atoms with Crippen LogP contribution in [-0.2, 0) is 16.0 Å². The van der Waals surface area contributed by atoms with Crippen molar-refractivity contribution in [3.05, 3.63) is 18.2 Å². The van der Waals surface area contributed by atoms with Crippen LogP contribution in [0.4, 0.5) is 4.79 Å². The number of aromatic amines is 1. The maximum absolute atomic E-state index is 11.0. The summed E-state index contributed by atoms with van der Waals surface area (Å²) in [5.41, 5.74) is 0.681. The summed E-state index contributed by atoms with van der Waals surface area (Å²) >= 11 is 0. The Kier molecular flexibility index (Phi) is 4.33. The van der Waals surface area contributed by atoms with Crippen molar-refractivity contribution in [1.82, 2.24) is 15.3 Å². The van der Waals surface area contributed by atoms with E-state index in [1.165, 1.54) is 6.33 Å². The van der Waals surface area contributed by atoms with Gasteiger partial charge in [-0.15, -0.1) is 0 Å². The summed E-state index contributed by atoms with van der Waals surface area (Å²) in [6, 6.07) is -0.729. The molecular weight excluding hydrogens is 198 g/mol. The topological polar surface area (TPSA) is 84.1 Å². The lowest BCUT2D eigenvalue weighted by atomic mass is 10.2. The molecule has 0 aliphatic carbocycles. The summed E-state index contributed by atoms with van der Waals surface area (Å²) in [5.74, 6) is 0. The highest BCUT2D eigenvalue weighted by atomic mass is 16.5. The van der Waals surface area contributed by atoms with Crippen LogP contribution in [0.5, 0.6) is 0 Å². The fourth-order valence-electron chi connectivity index (χ4n) is 1.05. The molecule has 0 saturated heterocycles. The molecule has 0 fully saturated rings. The van der Waals surface area contributed by atoms with Crippen LogP contribution in [0, 0.1) is 0 Å². The summed E-state index contributed by atoms with van der Waals surface area (Å²) in [5, 5.41) is 2.37. The zero-order chi connectivity index (χ0) is 11.1. The van der Waals surface area contributed by atoms with Gasteiger partial charge in [-0.2, -0.15) is 0 Å². The Morgan fingerprint density at radius 2 is 2.60 bits per heavy atom. The predicted molar refractivity (Wildman–Crippen MR) is 51.9 cm³/mol. The molecule has 0 aromatic carbocycles. The van der Waals surface area contributed by atoms with E-state index in [4.69, 9.17) is 0 Å². The number of carbonyl (C=O) groups excluding carboxylic acids is 2. The van der Waals surface area contributed by atoms with Crippen molar-refractivity contribution in [3.63, 3.8) is 0 Å². The fraction of sp³-hybridized carbons (Fsp3) is 0.444. The third-order valence-electron chi connectivity index (χ3n) is 1.68. The van der Waals surface area contributed by atoms with Gasteiger partial charge in [-0.1, -0.05) is 0 Å². The van der Waals surface area contributed by atoms with Gasteiger partial charge < -0.3 is 15.0 Å². The van der Waals surface area contributed by atoms with Crippen LogP contribution in [0.2, 0.25) is 0 Å². The molecule has 81 valence electrons. The number of nitrogens with one attached hydrogen (secondary N) is 2. The minimum Gasteiger partial charge on any atom is -0.450 e. The lowest BCUT2D eigenvalue weighted by Gasteiger charge is -2.09. The number of amides is 1. The molecule has 15 heavy (non-hydrogen) atoms. The molecule has 1 heterocycles. The molecule has 1 atom stereocenters. The van der Waals surface area contributed by atoms with Gasteiger partial charge in [0.05, 0.1) is 18.6 Å². The van der Waals surface area contributed by atoms with Gasteiger partial charge in [-0.05, 0) is 6.92 Å². The molecule has 0 bridgehead atoms. The molecule has 0 spiro atoms. The van der Waals surface area contributed by atoms with Crippen molar-refractivity contribution in [3.8, 4) is 0 Å². The molecule has 1 amide bonds. The number of rotatable bonds is 5. The van der Waals surface area contributed by atoms with Crippen molar-refractivity contribution in [2.24, 2.45) is 0 Å². The van der Waals surface area contributed by atoms with E-state index in [0.717, 1.165) is 0 Å². The lowest BCUT2D eigenvalue weighted by Crippen LogP contribution is -2.38. The van der Waals surface area contributed by atoms with E-state index in [1.54, 1.807) is 19.4 Å². The van der Waals surface area contributed by atoms with E-state index in [-0.39, 0.29) is 6.61 Å². The van der Waals surface area contributed by atoms with Crippen LogP contribution in [0.15, 0.2) is 12.5 Å². The molecule has 1 rings (SSSR count). The van der Waals surface area contributed by atoms with Crippen molar-refractivity contribution < 1.29 is 14.3 Å². The van der Waals surface area contributed by atoms with E-state index < -0.39 is 12.1 Å². The predicted octanol–water partition coefficient (Wildman–Crippen LogP) is 0.177. The Bertz CT molecular complexity index is 310. The standard InChI is InChI=1S/C9H12N3O3/c1-2-15-9(14)12-8(5-13)3-7-4-10-6-11-7/h4,6,8H,2-3H2,1H3,(H,10,11)(H,12,14)/t8-/m0/s1. The molecule has 1 aromatic rings. The number of imidazole rings is 1. The van der Waals surface area contributed by atoms with Crippen molar-refractivity contribution in [2.75, 3.05) is 6.61 Å². The van der Waals surface area contributed by atoms with Gasteiger partial charge in [-0.3, -0.25) is 4.79 Å². The fourth-order valence-corrected chi connectivity index (χ4v) is 1.05. The molecular formula is C9H12N3O3. The Morgan fingerprint density at radius 3 is 3.13 bits per heavy atom. The first-order valence-corrected chi connectivity index (χ1v) is 4.55. The maximum Gasteiger partial charge on any atom is 0.407 e. The summed E-state index contributed by atoms with van der Waals surface area (Å²) in [6.45, 7) is 1.95. The highest BCUT2D eigenvalue weighted by molar-refractivity contribution is 5.73. The summed E-state index contributed by atoms with van der Waals surface area (Å²) in [4.78, 5) is 28.2. The quantitative estimate of drug-likeness (QED) is 0.725. The SMILES string of the molecule is CCOC(=O)N[C@H]([C]=O)Cc1c[nH]cn1. The average molecular weight is 210 g/mol. The zero-order valence-electron chi connectivity index (χ0n) is 8.32. The number of nitrogens with zero attached hydrogens (tertiary/aromatic N) is 1. The van der Waals surface area contributed by atoms with Gasteiger partial charge in [-0.25, -0.2) is 9.78 Å². The van der Waals surface area contributed by atoms with Crippen LogP contribution in [-0.4, -0.2) is 35.0 Å². The second kappa shape index (κ2) is 5.79. The smallest absolute Gasteiger partial charge is 0.407 e. The van der Waals surface area contributed by atoms with Gasteiger partial charge >= 0.3 is 6.09 Å². The molecule has 6 nitrogen and oxygen atoms in total. The van der Waals surface area contributed by atoms with Gasteiger partial charge in [0.15, 0.2) is 0 Å². The van der Waals surface area contributed by atoms with Gasteiger partial charge in [0.1, 0.15) is 6.04 Å². The Balaban J connectivity index is 2.42. The highest BCUT2D eigenvalue weighted by Gasteiger charge is 2.14. The number of ether oxygens (including phenoxy) is 1. The van der Waals surface area contributed by atoms with Crippen molar-refractivity contribution in [1.29, 1.82) is 0 Å². The van der Waals surface area contributed by atoms with Crippen molar-refractivity contribution in [2.45, 2.75) is 19.4 Å². The first kappa shape index (κ1) is 11.2. The lowest BCUT2D eigenvalue weighted by molar-refractivity contribution is 0.150. The highest BCUT2D eigenvalue weighted by Crippen LogP contribution is 1.96. The molecule has 6 heteroatoms. The average Bonchev–Trinajstić information content (AvgIpc) is 2.70. The minimum atomic E-state index is -0.729. The first-order chi connectivity index (χ1) is 7.26. The third kappa shape index (κ3) is 3.80.